The summed E-state index contributed by atoms with van der Waals surface area (Å²) >= 11 is 0. The fourth-order valence-corrected chi connectivity index (χ4v) is 6.40. The van der Waals surface area contributed by atoms with Crippen LogP contribution in [0.15, 0.2) is 89.8 Å². The van der Waals surface area contributed by atoms with E-state index in [1.807, 2.05) is 31.2 Å². The van der Waals surface area contributed by atoms with Crippen LogP contribution in [0.2, 0.25) is 0 Å². The molecule has 39 heavy (non-hydrogen) atoms. The number of aryl methyl sites for hydroxylation is 1. The van der Waals surface area contributed by atoms with Gasteiger partial charge in [0.05, 0.1) is 10.6 Å². The van der Waals surface area contributed by atoms with Crippen LogP contribution in [0.4, 0.5) is 5.69 Å². The van der Waals surface area contributed by atoms with Gasteiger partial charge in [-0.1, -0.05) is 79.9 Å². The lowest BCUT2D eigenvalue weighted by Gasteiger charge is -2.33. The molecule has 1 fully saturated rings. The Hall–Kier alpha value is -3.65. The minimum Gasteiger partial charge on any atom is -0.352 e. The Morgan fingerprint density at radius 3 is 2.10 bits per heavy atom. The highest BCUT2D eigenvalue weighted by Gasteiger charge is 2.33. The molecule has 0 unspecified atom stereocenters. The van der Waals surface area contributed by atoms with E-state index in [1.165, 1.54) is 23.5 Å². The Balaban J connectivity index is 1.65. The molecule has 2 amide bonds. The van der Waals surface area contributed by atoms with Crippen molar-refractivity contribution in [2.24, 2.45) is 0 Å². The van der Waals surface area contributed by atoms with E-state index in [1.54, 1.807) is 55.5 Å². The van der Waals surface area contributed by atoms with E-state index >= 15 is 0 Å². The van der Waals surface area contributed by atoms with Gasteiger partial charge in [-0.05, 0) is 62.1 Å². The van der Waals surface area contributed by atoms with Crippen LogP contribution < -0.4 is 9.62 Å². The van der Waals surface area contributed by atoms with Crippen molar-refractivity contribution in [2.45, 2.75) is 69.5 Å². The van der Waals surface area contributed by atoms with Crippen LogP contribution in [0.5, 0.6) is 0 Å². The van der Waals surface area contributed by atoms with Crippen LogP contribution in [-0.2, 0) is 26.2 Å². The normalized spacial score (nSPS) is 14.8. The fourth-order valence-electron chi connectivity index (χ4n) is 4.97. The van der Waals surface area contributed by atoms with Crippen LogP contribution in [0.25, 0.3) is 0 Å². The third-order valence-corrected chi connectivity index (χ3v) is 9.16. The van der Waals surface area contributed by atoms with E-state index in [0.29, 0.717) is 5.69 Å². The summed E-state index contributed by atoms with van der Waals surface area (Å²) in [6.45, 7) is 3.43. The third kappa shape index (κ3) is 7.06. The quantitative estimate of drug-likeness (QED) is 0.385. The molecule has 1 N–H and O–H groups in total. The van der Waals surface area contributed by atoms with Crippen LogP contribution >= 0.6 is 0 Å². The van der Waals surface area contributed by atoms with Gasteiger partial charge in [0, 0.05) is 12.6 Å². The maximum Gasteiger partial charge on any atom is 0.264 e. The highest BCUT2D eigenvalue weighted by atomic mass is 32.2. The molecule has 4 rings (SSSR count). The van der Waals surface area contributed by atoms with Crippen molar-refractivity contribution in [1.82, 2.24) is 10.2 Å². The van der Waals surface area contributed by atoms with Crippen molar-refractivity contribution < 1.29 is 18.0 Å². The average Bonchev–Trinajstić information content (AvgIpc) is 2.96. The number of sulfonamides is 1. The summed E-state index contributed by atoms with van der Waals surface area (Å²) in [5.41, 5.74) is 2.28. The second kappa shape index (κ2) is 12.9. The predicted octanol–water partition coefficient (Wildman–Crippen LogP) is 5.06. The highest BCUT2D eigenvalue weighted by molar-refractivity contribution is 7.92. The highest BCUT2D eigenvalue weighted by Crippen LogP contribution is 2.25. The van der Waals surface area contributed by atoms with E-state index in [4.69, 9.17) is 0 Å². The first-order valence-electron chi connectivity index (χ1n) is 13.5. The van der Waals surface area contributed by atoms with Crippen LogP contribution in [0, 0.1) is 6.92 Å². The molecule has 0 saturated heterocycles. The molecule has 7 nitrogen and oxygen atoms in total. The number of benzene rings is 3. The van der Waals surface area contributed by atoms with E-state index in [2.05, 4.69) is 5.32 Å². The Kier molecular flexibility index (Phi) is 9.41. The fraction of sp³-hybridized carbons (Fsp3) is 0.355. The molecule has 0 spiro atoms. The monoisotopic (exact) mass is 547 g/mol. The minimum absolute atomic E-state index is 0.0928. The van der Waals surface area contributed by atoms with E-state index < -0.39 is 28.5 Å². The van der Waals surface area contributed by atoms with Crippen molar-refractivity contribution >= 4 is 27.5 Å². The zero-order valence-electron chi connectivity index (χ0n) is 22.6. The van der Waals surface area contributed by atoms with Crippen molar-refractivity contribution in [1.29, 1.82) is 0 Å². The Labute approximate surface area is 231 Å². The summed E-state index contributed by atoms with van der Waals surface area (Å²) in [7, 11) is -4.05. The van der Waals surface area contributed by atoms with E-state index in [9.17, 15) is 18.0 Å². The first kappa shape index (κ1) is 28.4. The van der Waals surface area contributed by atoms with Crippen molar-refractivity contribution in [3.63, 3.8) is 0 Å². The molecule has 0 aliphatic heterocycles. The van der Waals surface area contributed by atoms with Gasteiger partial charge in [-0.25, -0.2) is 8.42 Å². The van der Waals surface area contributed by atoms with Gasteiger partial charge in [-0.2, -0.15) is 0 Å². The molecule has 8 heteroatoms. The standard InChI is InChI=1S/C31H37N3O4S/c1-24-14-12-13-15-26(24)22-33(25(2)31(36)32-27-16-6-3-7-17-27)30(35)23-34(28-18-8-4-9-19-28)39(37,38)29-20-10-5-11-21-29/h4-5,8-15,18-21,25,27H,3,6-7,16-17,22-23H2,1-2H3,(H,32,36)/t25-/m1/s1. The van der Waals surface area contributed by atoms with Gasteiger partial charge in [-0.15, -0.1) is 0 Å². The minimum atomic E-state index is -4.05. The first-order chi connectivity index (χ1) is 18.8. The molecule has 3 aromatic carbocycles. The summed E-state index contributed by atoms with van der Waals surface area (Å²) in [5.74, 6) is -0.672. The lowest BCUT2D eigenvalue weighted by atomic mass is 9.95. The van der Waals surface area contributed by atoms with Crippen molar-refractivity contribution in [2.75, 3.05) is 10.8 Å². The number of carbonyl (C=O) groups is 2. The Morgan fingerprint density at radius 1 is 0.872 bits per heavy atom. The molecule has 0 heterocycles. The number of hydrogen-bond donors (Lipinski definition) is 1. The molecule has 1 aliphatic carbocycles. The smallest absolute Gasteiger partial charge is 0.264 e. The molecule has 0 aromatic heterocycles. The molecule has 1 saturated carbocycles. The molecule has 0 radical (unpaired) electrons. The molecule has 3 aromatic rings. The number of hydrogen-bond acceptors (Lipinski definition) is 4. The lowest BCUT2D eigenvalue weighted by molar-refractivity contribution is -0.139. The maximum atomic E-state index is 14.0. The van der Waals surface area contributed by atoms with Crippen LogP contribution in [-0.4, -0.2) is 43.8 Å². The Bertz CT molecular complexity index is 1360. The number of carbonyl (C=O) groups excluding carboxylic acids is 2. The van der Waals surface area contributed by atoms with Crippen LogP contribution in [0.1, 0.15) is 50.2 Å². The summed E-state index contributed by atoms with van der Waals surface area (Å²) in [6.07, 6.45) is 5.19. The number of rotatable bonds is 10. The van der Waals surface area contributed by atoms with Gasteiger partial charge in [0.15, 0.2) is 0 Å². The second-order valence-corrected chi connectivity index (χ2v) is 12.0. The van der Waals surface area contributed by atoms with Crippen molar-refractivity contribution in [3.05, 3.63) is 96.1 Å². The number of anilines is 1. The molecule has 0 bridgehead atoms. The van der Waals surface area contributed by atoms with E-state index in [-0.39, 0.29) is 23.4 Å². The topological polar surface area (TPSA) is 86.8 Å². The largest absolute Gasteiger partial charge is 0.352 e. The van der Waals surface area contributed by atoms with Gasteiger partial charge >= 0.3 is 0 Å². The summed E-state index contributed by atoms with van der Waals surface area (Å²) < 4.78 is 28.6. The lowest BCUT2D eigenvalue weighted by Crippen LogP contribution is -2.53. The van der Waals surface area contributed by atoms with Gasteiger partial charge in [0.1, 0.15) is 12.6 Å². The number of nitrogens with zero attached hydrogens (tertiary/aromatic N) is 2. The Morgan fingerprint density at radius 2 is 1.46 bits per heavy atom. The van der Waals surface area contributed by atoms with Gasteiger partial charge in [0.2, 0.25) is 11.8 Å². The number of nitrogens with one attached hydrogen (secondary N) is 1. The summed E-state index contributed by atoms with van der Waals surface area (Å²) in [6, 6.07) is 23.7. The average molecular weight is 548 g/mol. The summed E-state index contributed by atoms with van der Waals surface area (Å²) in [5, 5.41) is 3.13. The van der Waals surface area contributed by atoms with Gasteiger partial charge in [-0.3, -0.25) is 13.9 Å². The predicted molar refractivity (Wildman–Crippen MR) is 154 cm³/mol. The van der Waals surface area contributed by atoms with E-state index in [0.717, 1.165) is 41.1 Å². The van der Waals surface area contributed by atoms with Gasteiger partial charge < -0.3 is 10.2 Å². The molecule has 1 atom stereocenters. The zero-order chi connectivity index (χ0) is 27.8. The van der Waals surface area contributed by atoms with Crippen LogP contribution in [0.3, 0.4) is 0 Å². The molecule has 1 aliphatic rings. The third-order valence-electron chi connectivity index (χ3n) is 7.38. The first-order valence-corrected chi connectivity index (χ1v) is 15.0. The second-order valence-electron chi connectivity index (χ2n) is 10.1. The van der Waals surface area contributed by atoms with Crippen molar-refractivity contribution in [3.8, 4) is 0 Å². The SMILES string of the molecule is Cc1ccccc1CN(C(=O)CN(c1ccccc1)S(=O)(=O)c1ccccc1)[C@H](C)C(=O)NC1CCCCC1. The number of para-hydroxylation sites is 1. The molecular formula is C31H37N3O4S. The zero-order valence-corrected chi connectivity index (χ0v) is 23.4. The maximum absolute atomic E-state index is 14.0. The van der Waals surface area contributed by atoms with Gasteiger partial charge in [0.25, 0.3) is 10.0 Å². The molecule has 206 valence electrons. The summed E-state index contributed by atoms with van der Waals surface area (Å²) in [4.78, 5) is 29.0. The number of amides is 2. The molecular weight excluding hydrogens is 510 g/mol.